The van der Waals surface area contributed by atoms with Gasteiger partial charge in [-0.1, -0.05) is 32.4 Å². The fourth-order valence-corrected chi connectivity index (χ4v) is 2.44. The van der Waals surface area contributed by atoms with Crippen LogP contribution in [0.25, 0.3) is 0 Å². The zero-order chi connectivity index (χ0) is 16.8. The molecule has 0 aromatic heterocycles. The molecule has 0 saturated heterocycles. The van der Waals surface area contributed by atoms with E-state index in [2.05, 4.69) is 25.2 Å². The zero-order valence-corrected chi connectivity index (χ0v) is 13.3. The number of hydrogen-bond acceptors (Lipinski definition) is 3. The number of benzene rings is 2. The highest BCUT2D eigenvalue weighted by Gasteiger charge is 2.18. The number of nitriles is 1. The van der Waals surface area contributed by atoms with Gasteiger partial charge in [0, 0.05) is 5.69 Å². The minimum Gasteiger partial charge on any atom is -0.478 e. The maximum absolute atomic E-state index is 10.9. The Kier molecular flexibility index (Phi) is 5.37. The summed E-state index contributed by atoms with van der Waals surface area (Å²) >= 11 is 0. The molecule has 4 heteroatoms. The Balaban J connectivity index is 2.24. The van der Waals surface area contributed by atoms with E-state index in [9.17, 15) is 4.79 Å². The van der Waals surface area contributed by atoms with Gasteiger partial charge in [-0.05, 0) is 47.9 Å². The predicted molar refractivity (Wildman–Crippen MR) is 90.4 cm³/mol. The SMILES string of the molecule is CCC(C)[C@H](Nc1ccc(C(=O)O)cc1)c1ccc(C#N)cc1. The average Bonchev–Trinajstić information content (AvgIpc) is 2.59. The molecule has 0 radical (unpaired) electrons. The second-order valence-corrected chi connectivity index (χ2v) is 5.62. The molecule has 0 saturated carbocycles. The fraction of sp³-hybridized carbons (Fsp3) is 0.263. The molecule has 0 spiro atoms. The molecule has 2 atom stereocenters. The van der Waals surface area contributed by atoms with Crippen molar-refractivity contribution in [2.24, 2.45) is 5.92 Å². The van der Waals surface area contributed by atoms with Gasteiger partial charge in [0.1, 0.15) is 0 Å². The Morgan fingerprint density at radius 3 is 2.26 bits per heavy atom. The minimum absolute atomic E-state index is 0.100. The summed E-state index contributed by atoms with van der Waals surface area (Å²) in [5.41, 5.74) is 2.90. The van der Waals surface area contributed by atoms with Crippen molar-refractivity contribution in [3.8, 4) is 6.07 Å². The quantitative estimate of drug-likeness (QED) is 0.826. The number of rotatable bonds is 6. The lowest BCUT2D eigenvalue weighted by atomic mass is 9.91. The molecule has 1 unspecified atom stereocenters. The molecule has 2 N–H and O–H groups in total. The first kappa shape index (κ1) is 16.6. The van der Waals surface area contributed by atoms with Gasteiger partial charge in [0.2, 0.25) is 0 Å². The van der Waals surface area contributed by atoms with Crippen molar-refractivity contribution in [3.63, 3.8) is 0 Å². The molecule has 0 heterocycles. The molecule has 4 nitrogen and oxygen atoms in total. The number of carboxylic acid groups (broad SMARTS) is 1. The van der Waals surface area contributed by atoms with Crippen LogP contribution in [0.4, 0.5) is 5.69 Å². The number of nitrogens with one attached hydrogen (secondary N) is 1. The maximum atomic E-state index is 10.9. The summed E-state index contributed by atoms with van der Waals surface area (Å²) in [7, 11) is 0. The summed E-state index contributed by atoms with van der Waals surface area (Å²) in [6.07, 6.45) is 1.00. The van der Waals surface area contributed by atoms with E-state index in [1.54, 1.807) is 24.3 Å². The Labute approximate surface area is 136 Å². The number of nitrogens with zero attached hydrogens (tertiary/aromatic N) is 1. The largest absolute Gasteiger partial charge is 0.478 e. The molecule has 0 aliphatic carbocycles. The van der Waals surface area contributed by atoms with Crippen LogP contribution in [-0.4, -0.2) is 11.1 Å². The van der Waals surface area contributed by atoms with Crippen molar-refractivity contribution >= 4 is 11.7 Å². The van der Waals surface area contributed by atoms with E-state index in [0.29, 0.717) is 11.5 Å². The molecule has 118 valence electrons. The van der Waals surface area contributed by atoms with Crippen LogP contribution in [0.2, 0.25) is 0 Å². The normalized spacial score (nSPS) is 12.9. The molecule has 0 bridgehead atoms. The summed E-state index contributed by atoms with van der Waals surface area (Å²) < 4.78 is 0. The van der Waals surface area contributed by atoms with Gasteiger partial charge >= 0.3 is 5.97 Å². The van der Waals surface area contributed by atoms with E-state index in [1.807, 2.05) is 24.3 Å². The third-order valence-corrected chi connectivity index (χ3v) is 4.07. The van der Waals surface area contributed by atoms with Crippen molar-refractivity contribution in [2.75, 3.05) is 5.32 Å². The van der Waals surface area contributed by atoms with E-state index >= 15 is 0 Å². The molecular weight excluding hydrogens is 288 g/mol. The van der Waals surface area contributed by atoms with E-state index in [1.165, 1.54) is 0 Å². The van der Waals surface area contributed by atoms with Gasteiger partial charge in [-0.3, -0.25) is 0 Å². The van der Waals surface area contributed by atoms with Gasteiger partial charge in [0.15, 0.2) is 0 Å². The van der Waals surface area contributed by atoms with Crippen LogP contribution in [-0.2, 0) is 0 Å². The van der Waals surface area contributed by atoms with Crippen LogP contribution in [0, 0.1) is 17.2 Å². The van der Waals surface area contributed by atoms with E-state index in [4.69, 9.17) is 10.4 Å². The standard InChI is InChI=1S/C19H20N2O2/c1-3-13(2)18(15-6-4-14(12-20)5-7-15)21-17-10-8-16(9-11-17)19(22)23/h4-11,13,18,21H,3H2,1-2H3,(H,22,23)/t13?,18-/m0/s1. The monoisotopic (exact) mass is 308 g/mol. The molecule has 2 aromatic carbocycles. The van der Waals surface area contributed by atoms with Crippen LogP contribution < -0.4 is 5.32 Å². The minimum atomic E-state index is -0.929. The van der Waals surface area contributed by atoms with Gasteiger partial charge in [0.05, 0.1) is 23.2 Å². The van der Waals surface area contributed by atoms with Crippen molar-refractivity contribution in [1.29, 1.82) is 5.26 Å². The Bertz CT molecular complexity index is 700. The van der Waals surface area contributed by atoms with Crippen molar-refractivity contribution in [2.45, 2.75) is 26.3 Å². The first-order valence-corrected chi connectivity index (χ1v) is 7.65. The summed E-state index contributed by atoms with van der Waals surface area (Å²) in [6, 6.07) is 16.5. The maximum Gasteiger partial charge on any atom is 0.335 e. The summed E-state index contributed by atoms with van der Waals surface area (Å²) in [5, 5.41) is 21.4. The van der Waals surface area contributed by atoms with E-state index in [0.717, 1.165) is 17.7 Å². The summed E-state index contributed by atoms with van der Waals surface area (Å²) in [4.78, 5) is 10.9. The van der Waals surface area contributed by atoms with Gasteiger partial charge in [0.25, 0.3) is 0 Å². The van der Waals surface area contributed by atoms with Crippen LogP contribution in [0.1, 0.15) is 47.8 Å². The number of carboxylic acids is 1. The number of aromatic carboxylic acids is 1. The van der Waals surface area contributed by atoms with Crippen molar-refractivity contribution in [1.82, 2.24) is 0 Å². The Morgan fingerprint density at radius 1 is 1.17 bits per heavy atom. The molecule has 0 aliphatic rings. The lowest BCUT2D eigenvalue weighted by Gasteiger charge is -2.26. The zero-order valence-electron chi connectivity index (χ0n) is 13.3. The molecular formula is C19H20N2O2. The second kappa shape index (κ2) is 7.46. The number of anilines is 1. The van der Waals surface area contributed by atoms with Crippen molar-refractivity contribution in [3.05, 3.63) is 65.2 Å². The van der Waals surface area contributed by atoms with Gasteiger partial charge in [-0.2, -0.15) is 5.26 Å². The lowest BCUT2D eigenvalue weighted by Crippen LogP contribution is -2.18. The highest BCUT2D eigenvalue weighted by Crippen LogP contribution is 2.29. The first-order chi connectivity index (χ1) is 11.0. The lowest BCUT2D eigenvalue weighted by molar-refractivity contribution is 0.0697. The predicted octanol–water partition coefficient (Wildman–Crippen LogP) is 4.46. The van der Waals surface area contributed by atoms with Crippen LogP contribution >= 0.6 is 0 Å². The topological polar surface area (TPSA) is 73.1 Å². The molecule has 2 rings (SSSR count). The summed E-state index contributed by atoms with van der Waals surface area (Å²) in [6.45, 7) is 4.30. The fourth-order valence-electron chi connectivity index (χ4n) is 2.44. The third kappa shape index (κ3) is 4.10. The van der Waals surface area contributed by atoms with Gasteiger partial charge in [-0.15, -0.1) is 0 Å². The molecule has 0 amide bonds. The highest BCUT2D eigenvalue weighted by molar-refractivity contribution is 5.88. The van der Waals surface area contributed by atoms with E-state index in [-0.39, 0.29) is 11.6 Å². The molecule has 0 aliphatic heterocycles. The second-order valence-electron chi connectivity index (χ2n) is 5.62. The highest BCUT2D eigenvalue weighted by atomic mass is 16.4. The first-order valence-electron chi connectivity index (χ1n) is 7.65. The smallest absolute Gasteiger partial charge is 0.335 e. The Hall–Kier alpha value is -2.80. The summed E-state index contributed by atoms with van der Waals surface area (Å²) in [5.74, 6) is -0.538. The van der Waals surface area contributed by atoms with Crippen LogP contribution in [0.5, 0.6) is 0 Å². The average molecular weight is 308 g/mol. The van der Waals surface area contributed by atoms with E-state index < -0.39 is 5.97 Å². The molecule has 0 fully saturated rings. The molecule has 23 heavy (non-hydrogen) atoms. The third-order valence-electron chi connectivity index (χ3n) is 4.07. The Morgan fingerprint density at radius 2 is 1.78 bits per heavy atom. The van der Waals surface area contributed by atoms with Crippen LogP contribution in [0.3, 0.4) is 0 Å². The van der Waals surface area contributed by atoms with Gasteiger partial charge in [-0.25, -0.2) is 4.79 Å². The van der Waals surface area contributed by atoms with Gasteiger partial charge < -0.3 is 10.4 Å². The van der Waals surface area contributed by atoms with Crippen molar-refractivity contribution < 1.29 is 9.90 Å². The number of carbonyl (C=O) groups is 1. The number of hydrogen-bond donors (Lipinski definition) is 2. The molecule has 2 aromatic rings. The van der Waals surface area contributed by atoms with Crippen LogP contribution in [0.15, 0.2) is 48.5 Å².